The molecule has 0 aliphatic heterocycles. The summed E-state index contributed by atoms with van der Waals surface area (Å²) in [7, 11) is 1.64. The summed E-state index contributed by atoms with van der Waals surface area (Å²) in [5.74, 6) is -0.0147. The van der Waals surface area contributed by atoms with Crippen LogP contribution >= 0.6 is 15.9 Å². The molecule has 1 heterocycles. The van der Waals surface area contributed by atoms with E-state index in [0.29, 0.717) is 25.3 Å². The van der Waals surface area contributed by atoms with Gasteiger partial charge in [-0.1, -0.05) is 30.3 Å². The number of nitrogens with zero attached hydrogens (tertiary/aromatic N) is 3. The van der Waals surface area contributed by atoms with Gasteiger partial charge in [-0.2, -0.15) is 5.10 Å². The maximum Gasteiger partial charge on any atom is 0.254 e. The number of benzene rings is 2. The molecule has 0 atom stereocenters. The second kappa shape index (κ2) is 8.78. The fourth-order valence-corrected chi connectivity index (χ4v) is 2.92. The molecule has 0 N–H and O–H groups in total. The molecule has 0 saturated carbocycles. The van der Waals surface area contributed by atoms with Crippen LogP contribution in [-0.4, -0.2) is 40.8 Å². The van der Waals surface area contributed by atoms with Gasteiger partial charge in [0.25, 0.3) is 5.91 Å². The van der Waals surface area contributed by atoms with Crippen molar-refractivity contribution >= 4 is 21.8 Å². The van der Waals surface area contributed by atoms with Gasteiger partial charge in [-0.05, 0) is 45.8 Å². The fourth-order valence-electron chi connectivity index (χ4n) is 2.64. The number of ether oxygens (including phenoxy) is 1. The van der Waals surface area contributed by atoms with Crippen molar-refractivity contribution in [3.63, 3.8) is 0 Å². The molecule has 0 saturated heterocycles. The third-order valence-corrected chi connectivity index (χ3v) is 4.41. The number of rotatable bonds is 7. The number of aromatic nitrogens is 2. The van der Waals surface area contributed by atoms with Gasteiger partial charge in [-0.15, -0.1) is 0 Å². The summed E-state index contributed by atoms with van der Waals surface area (Å²) in [6.45, 7) is 1.59. The van der Waals surface area contributed by atoms with Crippen LogP contribution in [0.25, 0.3) is 5.69 Å². The number of halogens is 1. The normalized spacial score (nSPS) is 10.7. The lowest BCUT2D eigenvalue weighted by molar-refractivity contribution is 0.0680. The first kappa shape index (κ1) is 18.4. The van der Waals surface area contributed by atoms with E-state index in [9.17, 15) is 4.79 Å². The summed E-state index contributed by atoms with van der Waals surface area (Å²) in [5, 5.41) is 4.25. The Balaban J connectivity index is 1.77. The van der Waals surface area contributed by atoms with E-state index in [1.165, 1.54) is 0 Å². The zero-order valence-corrected chi connectivity index (χ0v) is 16.1. The number of hydrogen-bond donors (Lipinski definition) is 0. The Kier molecular flexibility index (Phi) is 6.20. The molecule has 0 bridgehead atoms. The summed E-state index contributed by atoms with van der Waals surface area (Å²) in [4.78, 5) is 14.8. The number of methoxy groups -OCH3 is 1. The van der Waals surface area contributed by atoms with Crippen LogP contribution in [-0.2, 0) is 11.3 Å². The molecule has 0 aliphatic rings. The Hall–Kier alpha value is -2.44. The summed E-state index contributed by atoms with van der Waals surface area (Å²) >= 11 is 3.39. The Morgan fingerprint density at radius 1 is 1.15 bits per heavy atom. The number of carbonyl (C=O) groups is 1. The maximum atomic E-state index is 12.9. The minimum atomic E-state index is -0.0147. The summed E-state index contributed by atoms with van der Waals surface area (Å²) in [6.07, 6.45) is 3.60. The molecule has 3 aromatic rings. The third-order valence-electron chi connectivity index (χ3n) is 4.00. The number of amides is 1. The van der Waals surface area contributed by atoms with E-state index < -0.39 is 0 Å². The van der Waals surface area contributed by atoms with Crippen molar-refractivity contribution in [3.8, 4) is 5.69 Å². The van der Waals surface area contributed by atoms with Crippen LogP contribution in [0.5, 0.6) is 0 Å². The first-order valence-electron chi connectivity index (χ1n) is 8.30. The maximum absolute atomic E-state index is 12.9. The van der Waals surface area contributed by atoms with Gasteiger partial charge in [-0.3, -0.25) is 4.79 Å². The predicted octanol–water partition coefficient (Wildman–Crippen LogP) is 3.92. The highest BCUT2D eigenvalue weighted by Gasteiger charge is 2.16. The minimum absolute atomic E-state index is 0.0147. The first-order chi connectivity index (χ1) is 12.7. The monoisotopic (exact) mass is 413 g/mol. The van der Waals surface area contributed by atoms with Gasteiger partial charge in [0, 0.05) is 32.0 Å². The molecular weight excluding hydrogens is 394 g/mol. The molecular formula is C20H20BrN3O2. The van der Waals surface area contributed by atoms with Gasteiger partial charge in [0.05, 0.1) is 23.0 Å². The average molecular weight is 414 g/mol. The zero-order chi connectivity index (χ0) is 18.4. The van der Waals surface area contributed by atoms with Gasteiger partial charge in [0.2, 0.25) is 0 Å². The van der Waals surface area contributed by atoms with Crippen LogP contribution in [0.15, 0.2) is 71.5 Å². The molecule has 0 fully saturated rings. The van der Waals surface area contributed by atoms with E-state index in [2.05, 4.69) is 21.0 Å². The van der Waals surface area contributed by atoms with Crippen molar-refractivity contribution in [1.29, 1.82) is 0 Å². The topological polar surface area (TPSA) is 47.4 Å². The van der Waals surface area contributed by atoms with Crippen LogP contribution < -0.4 is 0 Å². The molecule has 5 nitrogen and oxygen atoms in total. The minimum Gasteiger partial charge on any atom is -0.383 e. The second-order valence-electron chi connectivity index (χ2n) is 5.86. The Bertz CT molecular complexity index is 847. The van der Waals surface area contributed by atoms with Gasteiger partial charge >= 0.3 is 0 Å². The predicted molar refractivity (Wildman–Crippen MR) is 104 cm³/mol. The fraction of sp³-hybridized carbons (Fsp3) is 0.200. The second-order valence-corrected chi connectivity index (χ2v) is 6.77. The highest BCUT2D eigenvalue weighted by molar-refractivity contribution is 9.10. The van der Waals surface area contributed by atoms with E-state index in [1.807, 2.05) is 60.8 Å². The molecule has 0 unspecified atom stereocenters. The van der Waals surface area contributed by atoms with Crippen molar-refractivity contribution < 1.29 is 9.53 Å². The quantitative estimate of drug-likeness (QED) is 0.589. The van der Waals surface area contributed by atoms with Crippen molar-refractivity contribution in [1.82, 2.24) is 14.7 Å². The summed E-state index contributed by atoms with van der Waals surface area (Å²) < 4.78 is 7.83. The molecule has 0 aliphatic carbocycles. The van der Waals surface area contributed by atoms with E-state index >= 15 is 0 Å². The molecule has 2 aromatic carbocycles. The molecule has 134 valence electrons. The van der Waals surface area contributed by atoms with Gasteiger partial charge < -0.3 is 9.64 Å². The van der Waals surface area contributed by atoms with E-state index in [0.717, 1.165) is 15.7 Å². The molecule has 3 rings (SSSR count). The number of hydrogen-bond acceptors (Lipinski definition) is 3. The highest BCUT2D eigenvalue weighted by atomic mass is 79.9. The number of carbonyl (C=O) groups excluding carboxylic acids is 1. The van der Waals surface area contributed by atoms with E-state index in [1.54, 1.807) is 22.9 Å². The van der Waals surface area contributed by atoms with Crippen LogP contribution in [0.2, 0.25) is 0 Å². The van der Waals surface area contributed by atoms with Crippen molar-refractivity contribution in [2.45, 2.75) is 6.54 Å². The average Bonchev–Trinajstić information content (AvgIpc) is 3.12. The smallest absolute Gasteiger partial charge is 0.254 e. The van der Waals surface area contributed by atoms with Crippen LogP contribution in [0, 0.1) is 0 Å². The molecule has 0 spiro atoms. The lowest BCUT2D eigenvalue weighted by atomic mass is 10.1. The molecule has 6 heteroatoms. The van der Waals surface area contributed by atoms with E-state index in [4.69, 9.17) is 4.74 Å². The first-order valence-corrected chi connectivity index (χ1v) is 9.09. The Labute approximate surface area is 161 Å². The van der Waals surface area contributed by atoms with Crippen molar-refractivity contribution in [3.05, 3.63) is 82.6 Å². The zero-order valence-electron chi connectivity index (χ0n) is 14.5. The molecule has 26 heavy (non-hydrogen) atoms. The summed E-state index contributed by atoms with van der Waals surface area (Å²) in [6, 6.07) is 17.4. The molecule has 0 radical (unpaired) electrons. The summed E-state index contributed by atoms with van der Waals surface area (Å²) in [5.41, 5.74) is 2.64. The largest absolute Gasteiger partial charge is 0.383 e. The van der Waals surface area contributed by atoms with Gasteiger partial charge in [-0.25, -0.2) is 4.68 Å². The Morgan fingerprint density at radius 2 is 1.88 bits per heavy atom. The van der Waals surface area contributed by atoms with Crippen LogP contribution in [0.1, 0.15) is 15.9 Å². The Morgan fingerprint density at radius 3 is 2.50 bits per heavy atom. The lowest BCUT2D eigenvalue weighted by Crippen LogP contribution is -2.33. The highest BCUT2D eigenvalue weighted by Crippen LogP contribution is 2.15. The molecule has 1 aromatic heterocycles. The van der Waals surface area contributed by atoms with Crippen molar-refractivity contribution in [2.75, 3.05) is 20.3 Å². The van der Waals surface area contributed by atoms with Crippen LogP contribution in [0.3, 0.4) is 0 Å². The van der Waals surface area contributed by atoms with Gasteiger partial charge in [0.15, 0.2) is 0 Å². The SMILES string of the molecule is COCCN(Cc1ccccc1)C(=O)c1ccc(-n2cc(Br)cn2)cc1. The third kappa shape index (κ3) is 4.59. The molecule has 1 amide bonds. The lowest BCUT2D eigenvalue weighted by Gasteiger charge is -2.23. The van der Waals surface area contributed by atoms with Crippen molar-refractivity contribution in [2.24, 2.45) is 0 Å². The standard InChI is InChI=1S/C20H20BrN3O2/c1-26-12-11-23(14-16-5-3-2-4-6-16)20(25)17-7-9-19(10-8-17)24-15-18(21)13-22-24/h2-10,13,15H,11-12,14H2,1H3. The van der Waals surface area contributed by atoms with Crippen LogP contribution in [0.4, 0.5) is 0 Å². The van der Waals surface area contributed by atoms with Gasteiger partial charge in [0.1, 0.15) is 0 Å². The van der Waals surface area contributed by atoms with E-state index in [-0.39, 0.29) is 5.91 Å².